The van der Waals surface area contributed by atoms with Gasteiger partial charge in [0.2, 0.25) is 5.91 Å². The standard InChI is InChI=1S/C22H24N2O3/c1-14(2)12-19(20(25)23-13-16-10-8-15(3)9-11-16)24-21(26)17-6-4-5-7-18(17)22(24)27/h4-11,14,19H,12-13H2,1-3H3,(H,23,25)/t19-/m0/s1. The van der Waals surface area contributed by atoms with Crippen LogP contribution in [0, 0.1) is 12.8 Å². The van der Waals surface area contributed by atoms with E-state index >= 15 is 0 Å². The molecular formula is C22H24N2O3. The molecule has 1 aliphatic rings. The van der Waals surface area contributed by atoms with Crippen molar-refractivity contribution in [3.05, 3.63) is 70.8 Å². The molecule has 0 aromatic heterocycles. The van der Waals surface area contributed by atoms with Gasteiger partial charge in [-0.3, -0.25) is 19.3 Å². The third kappa shape index (κ3) is 3.92. The molecule has 0 saturated heterocycles. The van der Waals surface area contributed by atoms with Gasteiger partial charge < -0.3 is 5.32 Å². The lowest BCUT2D eigenvalue weighted by atomic mass is 10.0. The van der Waals surface area contributed by atoms with Crippen molar-refractivity contribution in [3.63, 3.8) is 0 Å². The third-order valence-electron chi connectivity index (χ3n) is 4.72. The minimum atomic E-state index is -0.817. The zero-order chi connectivity index (χ0) is 19.6. The van der Waals surface area contributed by atoms with E-state index in [0.29, 0.717) is 24.1 Å². The molecule has 0 radical (unpaired) electrons. The van der Waals surface area contributed by atoms with Crippen molar-refractivity contribution in [1.82, 2.24) is 10.2 Å². The highest BCUT2D eigenvalue weighted by Gasteiger charge is 2.42. The van der Waals surface area contributed by atoms with Gasteiger partial charge in [-0.05, 0) is 37.0 Å². The molecule has 1 heterocycles. The number of aryl methyl sites for hydroxylation is 1. The Balaban J connectivity index is 1.79. The molecule has 0 fully saturated rings. The summed E-state index contributed by atoms with van der Waals surface area (Å²) in [6.45, 7) is 6.30. The average molecular weight is 364 g/mol. The van der Waals surface area contributed by atoms with Crippen molar-refractivity contribution in [2.24, 2.45) is 5.92 Å². The van der Waals surface area contributed by atoms with Crippen LogP contribution in [0.4, 0.5) is 0 Å². The average Bonchev–Trinajstić information content (AvgIpc) is 2.90. The van der Waals surface area contributed by atoms with Crippen LogP contribution in [-0.2, 0) is 11.3 Å². The van der Waals surface area contributed by atoms with Gasteiger partial charge in [-0.25, -0.2) is 0 Å². The Morgan fingerprint density at radius 3 is 2.04 bits per heavy atom. The SMILES string of the molecule is Cc1ccc(CNC(=O)[C@H](CC(C)C)N2C(=O)c3ccccc3C2=O)cc1. The number of benzene rings is 2. The summed E-state index contributed by atoms with van der Waals surface area (Å²) in [7, 11) is 0. The molecule has 1 aliphatic heterocycles. The van der Waals surface area contributed by atoms with E-state index in [1.807, 2.05) is 45.0 Å². The molecule has 1 N–H and O–H groups in total. The first kappa shape index (κ1) is 18.8. The predicted molar refractivity (Wildman–Crippen MR) is 103 cm³/mol. The highest BCUT2D eigenvalue weighted by molar-refractivity contribution is 6.22. The van der Waals surface area contributed by atoms with E-state index < -0.39 is 17.9 Å². The summed E-state index contributed by atoms with van der Waals surface area (Å²) < 4.78 is 0. The number of rotatable bonds is 6. The second kappa shape index (κ2) is 7.74. The minimum Gasteiger partial charge on any atom is -0.350 e. The fraction of sp³-hybridized carbons (Fsp3) is 0.318. The van der Waals surface area contributed by atoms with Crippen LogP contribution in [0.5, 0.6) is 0 Å². The fourth-order valence-corrected chi connectivity index (χ4v) is 3.28. The molecule has 2 aromatic carbocycles. The van der Waals surface area contributed by atoms with E-state index in [-0.39, 0.29) is 11.8 Å². The quantitative estimate of drug-likeness (QED) is 0.800. The summed E-state index contributed by atoms with van der Waals surface area (Å²) in [5.74, 6) is -0.943. The van der Waals surface area contributed by atoms with Crippen LogP contribution in [0.15, 0.2) is 48.5 Å². The monoisotopic (exact) mass is 364 g/mol. The molecule has 5 nitrogen and oxygen atoms in total. The number of nitrogens with zero attached hydrogens (tertiary/aromatic N) is 1. The zero-order valence-corrected chi connectivity index (χ0v) is 15.9. The minimum absolute atomic E-state index is 0.157. The van der Waals surface area contributed by atoms with Gasteiger partial charge in [0.1, 0.15) is 6.04 Å². The topological polar surface area (TPSA) is 66.5 Å². The summed E-state index contributed by atoms with van der Waals surface area (Å²) >= 11 is 0. The Labute approximate surface area is 159 Å². The Morgan fingerprint density at radius 2 is 1.52 bits per heavy atom. The van der Waals surface area contributed by atoms with Crippen molar-refractivity contribution in [2.75, 3.05) is 0 Å². The lowest BCUT2D eigenvalue weighted by Crippen LogP contribution is -2.50. The van der Waals surface area contributed by atoms with Gasteiger partial charge in [-0.2, -0.15) is 0 Å². The van der Waals surface area contributed by atoms with Crippen LogP contribution in [0.25, 0.3) is 0 Å². The molecule has 0 bridgehead atoms. The largest absolute Gasteiger partial charge is 0.350 e. The number of amides is 3. The lowest BCUT2D eigenvalue weighted by molar-refractivity contribution is -0.125. The van der Waals surface area contributed by atoms with Gasteiger partial charge in [0.05, 0.1) is 11.1 Å². The van der Waals surface area contributed by atoms with Crippen molar-refractivity contribution >= 4 is 17.7 Å². The van der Waals surface area contributed by atoms with E-state index in [2.05, 4.69) is 5.32 Å². The van der Waals surface area contributed by atoms with Crippen molar-refractivity contribution in [2.45, 2.75) is 39.8 Å². The molecule has 3 rings (SSSR count). The van der Waals surface area contributed by atoms with Crippen LogP contribution in [0.1, 0.15) is 52.1 Å². The normalized spacial score (nSPS) is 14.4. The van der Waals surface area contributed by atoms with E-state index in [4.69, 9.17) is 0 Å². The number of carbonyl (C=O) groups is 3. The smallest absolute Gasteiger partial charge is 0.262 e. The molecule has 3 amide bonds. The van der Waals surface area contributed by atoms with Crippen LogP contribution in [0.3, 0.4) is 0 Å². The molecule has 1 atom stereocenters. The Hall–Kier alpha value is -2.95. The number of hydrogen-bond donors (Lipinski definition) is 1. The van der Waals surface area contributed by atoms with Crippen LogP contribution in [-0.4, -0.2) is 28.7 Å². The van der Waals surface area contributed by atoms with Crippen molar-refractivity contribution in [1.29, 1.82) is 0 Å². The highest BCUT2D eigenvalue weighted by Crippen LogP contribution is 2.27. The third-order valence-corrected chi connectivity index (χ3v) is 4.72. The van der Waals surface area contributed by atoms with Gasteiger partial charge in [0.15, 0.2) is 0 Å². The van der Waals surface area contributed by atoms with Crippen LogP contribution in [0.2, 0.25) is 0 Å². The van der Waals surface area contributed by atoms with Crippen molar-refractivity contribution < 1.29 is 14.4 Å². The fourth-order valence-electron chi connectivity index (χ4n) is 3.28. The number of hydrogen-bond acceptors (Lipinski definition) is 3. The van der Waals surface area contributed by atoms with Gasteiger partial charge in [0, 0.05) is 6.54 Å². The Bertz CT molecular complexity index is 836. The van der Waals surface area contributed by atoms with Gasteiger partial charge in [0.25, 0.3) is 11.8 Å². The lowest BCUT2D eigenvalue weighted by Gasteiger charge is -2.26. The first-order valence-corrected chi connectivity index (χ1v) is 9.18. The van der Waals surface area contributed by atoms with Crippen LogP contribution < -0.4 is 5.32 Å². The van der Waals surface area contributed by atoms with E-state index in [9.17, 15) is 14.4 Å². The molecule has 27 heavy (non-hydrogen) atoms. The first-order valence-electron chi connectivity index (χ1n) is 9.18. The maximum absolute atomic E-state index is 12.9. The zero-order valence-electron chi connectivity index (χ0n) is 15.9. The first-order chi connectivity index (χ1) is 12.9. The highest BCUT2D eigenvalue weighted by atomic mass is 16.2. The summed E-state index contributed by atoms with van der Waals surface area (Å²) in [6.07, 6.45) is 0.422. The van der Waals surface area contributed by atoms with E-state index in [0.717, 1.165) is 16.0 Å². The molecule has 0 saturated carbocycles. The summed E-state index contributed by atoms with van der Waals surface area (Å²) in [6, 6.07) is 13.8. The maximum atomic E-state index is 12.9. The molecule has 5 heteroatoms. The predicted octanol–water partition coefficient (Wildman–Crippen LogP) is 3.32. The molecule has 0 unspecified atom stereocenters. The van der Waals surface area contributed by atoms with Crippen molar-refractivity contribution in [3.8, 4) is 0 Å². The molecule has 2 aromatic rings. The van der Waals surface area contributed by atoms with Gasteiger partial charge >= 0.3 is 0 Å². The molecule has 0 spiro atoms. The number of fused-ring (bicyclic) bond motifs is 1. The van der Waals surface area contributed by atoms with Gasteiger partial charge in [-0.1, -0.05) is 55.8 Å². The number of carbonyl (C=O) groups excluding carboxylic acids is 3. The molecular weight excluding hydrogens is 340 g/mol. The summed E-state index contributed by atoms with van der Waals surface area (Å²) in [5.41, 5.74) is 2.85. The second-order valence-corrected chi connectivity index (χ2v) is 7.37. The number of nitrogens with one attached hydrogen (secondary N) is 1. The Kier molecular flexibility index (Phi) is 5.40. The maximum Gasteiger partial charge on any atom is 0.262 e. The molecule has 0 aliphatic carbocycles. The molecule has 140 valence electrons. The van der Waals surface area contributed by atoms with Gasteiger partial charge in [-0.15, -0.1) is 0 Å². The van der Waals surface area contributed by atoms with E-state index in [1.165, 1.54) is 0 Å². The van der Waals surface area contributed by atoms with Crippen LogP contribution >= 0.6 is 0 Å². The second-order valence-electron chi connectivity index (χ2n) is 7.37. The summed E-state index contributed by atoms with van der Waals surface area (Å²) in [4.78, 5) is 39.6. The summed E-state index contributed by atoms with van der Waals surface area (Å²) in [5, 5.41) is 2.88. The Morgan fingerprint density at radius 1 is 0.963 bits per heavy atom. The number of imide groups is 1. The van der Waals surface area contributed by atoms with E-state index in [1.54, 1.807) is 24.3 Å².